The first-order valence-electron chi connectivity index (χ1n) is 4.60. The standard InChI is InChI=1S/C8H12F3N3O2S/c1-5(12)7(8(9,10)11)14-4-6(3-13-14)17(2,15)16/h3-5,7H,12H2,1-2H3. The van der Waals surface area contributed by atoms with Crippen molar-refractivity contribution in [2.24, 2.45) is 5.73 Å². The van der Waals surface area contributed by atoms with Gasteiger partial charge in [0, 0.05) is 18.5 Å². The van der Waals surface area contributed by atoms with Crippen LogP contribution >= 0.6 is 0 Å². The summed E-state index contributed by atoms with van der Waals surface area (Å²) in [7, 11) is -3.58. The molecule has 0 aliphatic rings. The average molecular weight is 271 g/mol. The zero-order valence-corrected chi connectivity index (χ0v) is 9.96. The summed E-state index contributed by atoms with van der Waals surface area (Å²) in [6, 6.07) is -3.28. The van der Waals surface area contributed by atoms with Crippen LogP contribution in [0.5, 0.6) is 0 Å². The van der Waals surface area contributed by atoms with E-state index in [9.17, 15) is 21.6 Å². The maximum atomic E-state index is 12.7. The van der Waals surface area contributed by atoms with Crippen LogP contribution in [0.15, 0.2) is 17.3 Å². The number of rotatable bonds is 3. The fourth-order valence-electron chi connectivity index (χ4n) is 1.35. The van der Waals surface area contributed by atoms with Crippen LogP contribution in [0.4, 0.5) is 13.2 Å². The van der Waals surface area contributed by atoms with E-state index in [1.54, 1.807) is 0 Å². The number of aromatic nitrogens is 2. The van der Waals surface area contributed by atoms with Crippen LogP contribution in [0.25, 0.3) is 0 Å². The predicted octanol–water partition coefficient (Wildman–Crippen LogP) is 0.737. The first-order valence-corrected chi connectivity index (χ1v) is 6.49. The maximum absolute atomic E-state index is 12.7. The lowest BCUT2D eigenvalue weighted by Crippen LogP contribution is -2.40. The van der Waals surface area contributed by atoms with Crippen molar-refractivity contribution >= 4 is 9.84 Å². The van der Waals surface area contributed by atoms with E-state index in [1.165, 1.54) is 6.92 Å². The Morgan fingerprint density at radius 3 is 2.29 bits per heavy atom. The molecule has 5 nitrogen and oxygen atoms in total. The molecule has 2 atom stereocenters. The Morgan fingerprint density at radius 1 is 1.47 bits per heavy atom. The molecule has 2 N–H and O–H groups in total. The SMILES string of the molecule is CC(N)C(n1cc(S(C)(=O)=O)cn1)C(F)(F)F. The largest absolute Gasteiger partial charge is 0.412 e. The fraction of sp³-hybridized carbons (Fsp3) is 0.625. The summed E-state index contributed by atoms with van der Waals surface area (Å²) in [6.45, 7) is 1.18. The Morgan fingerprint density at radius 2 is 2.00 bits per heavy atom. The summed E-state index contributed by atoms with van der Waals surface area (Å²) in [5.74, 6) is 0. The van der Waals surface area contributed by atoms with Crippen molar-refractivity contribution < 1.29 is 21.6 Å². The minimum Gasteiger partial charge on any atom is -0.326 e. The zero-order chi connectivity index (χ0) is 13.4. The van der Waals surface area contributed by atoms with Crippen LogP contribution < -0.4 is 5.73 Å². The smallest absolute Gasteiger partial charge is 0.326 e. The van der Waals surface area contributed by atoms with Gasteiger partial charge in [0.2, 0.25) is 0 Å². The van der Waals surface area contributed by atoms with Crippen LogP contribution in [-0.2, 0) is 9.84 Å². The van der Waals surface area contributed by atoms with E-state index in [0.29, 0.717) is 4.68 Å². The van der Waals surface area contributed by atoms with Gasteiger partial charge in [-0.25, -0.2) is 8.42 Å². The monoisotopic (exact) mass is 271 g/mol. The van der Waals surface area contributed by atoms with Gasteiger partial charge < -0.3 is 5.73 Å². The maximum Gasteiger partial charge on any atom is 0.412 e. The van der Waals surface area contributed by atoms with Crippen LogP contribution in [0.2, 0.25) is 0 Å². The molecule has 9 heteroatoms. The molecule has 1 aromatic rings. The number of nitrogens with two attached hydrogens (primary N) is 1. The molecule has 0 aliphatic carbocycles. The van der Waals surface area contributed by atoms with Crippen molar-refractivity contribution in [1.82, 2.24) is 9.78 Å². The lowest BCUT2D eigenvalue weighted by molar-refractivity contribution is -0.174. The Balaban J connectivity index is 3.19. The van der Waals surface area contributed by atoms with Crippen molar-refractivity contribution in [2.75, 3.05) is 6.26 Å². The van der Waals surface area contributed by atoms with Gasteiger partial charge in [0.1, 0.15) is 4.90 Å². The molecule has 0 aromatic carbocycles. The van der Waals surface area contributed by atoms with Gasteiger partial charge in [-0.1, -0.05) is 0 Å². The molecule has 17 heavy (non-hydrogen) atoms. The average Bonchev–Trinajstić information content (AvgIpc) is 2.47. The number of hydrogen-bond donors (Lipinski definition) is 1. The summed E-state index contributed by atoms with van der Waals surface area (Å²) < 4.78 is 60.8. The molecule has 0 saturated carbocycles. The molecule has 98 valence electrons. The molecular formula is C8H12F3N3O2S. The van der Waals surface area contributed by atoms with E-state index in [4.69, 9.17) is 5.73 Å². The van der Waals surface area contributed by atoms with Crippen molar-refractivity contribution in [1.29, 1.82) is 0 Å². The van der Waals surface area contributed by atoms with Gasteiger partial charge >= 0.3 is 6.18 Å². The number of sulfone groups is 1. The number of nitrogens with zero attached hydrogens (tertiary/aromatic N) is 2. The van der Waals surface area contributed by atoms with Crippen molar-refractivity contribution in [3.63, 3.8) is 0 Å². The highest BCUT2D eigenvalue weighted by Gasteiger charge is 2.44. The van der Waals surface area contributed by atoms with Crippen LogP contribution in [-0.4, -0.2) is 36.7 Å². The molecule has 0 bridgehead atoms. The Labute approximate surface area is 96.3 Å². The normalized spacial score (nSPS) is 16.8. The van der Waals surface area contributed by atoms with Gasteiger partial charge in [0.15, 0.2) is 15.9 Å². The Hall–Kier alpha value is -1.09. The molecular weight excluding hydrogens is 259 g/mol. The minimum absolute atomic E-state index is 0.271. The van der Waals surface area contributed by atoms with Gasteiger partial charge in [0.25, 0.3) is 0 Å². The summed E-state index contributed by atoms with van der Waals surface area (Å²) in [4.78, 5) is -0.271. The fourth-order valence-corrected chi connectivity index (χ4v) is 1.89. The predicted molar refractivity (Wildman–Crippen MR) is 54.1 cm³/mol. The molecule has 1 aromatic heterocycles. The lowest BCUT2D eigenvalue weighted by Gasteiger charge is -2.23. The first-order chi connectivity index (χ1) is 7.53. The second-order valence-corrected chi connectivity index (χ2v) is 5.79. The third-order valence-corrected chi connectivity index (χ3v) is 3.19. The summed E-state index contributed by atoms with van der Waals surface area (Å²) in [5, 5.41) is 3.41. The molecule has 1 heterocycles. The van der Waals surface area contributed by atoms with E-state index in [-0.39, 0.29) is 4.90 Å². The van der Waals surface area contributed by atoms with E-state index >= 15 is 0 Å². The summed E-state index contributed by atoms with van der Waals surface area (Å²) in [6.07, 6.45) is -1.99. The highest BCUT2D eigenvalue weighted by atomic mass is 32.2. The quantitative estimate of drug-likeness (QED) is 0.879. The Kier molecular flexibility index (Phi) is 3.53. The van der Waals surface area contributed by atoms with Gasteiger partial charge in [-0.2, -0.15) is 18.3 Å². The number of hydrogen-bond acceptors (Lipinski definition) is 4. The van der Waals surface area contributed by atoms with Gasteiger partial charge in [-0.3, -0.25) is 4.68 Å². The molecule has 0 saturated heterocycles. The third kappa shape index (κ3) is 3.19. The van der Waals surface area contributed by atoms with Gasteiger partial charge in [-0.15, -0.1) is 0 Å². The second-order valence-electron chi connectivity index (χ2n) is 3.77. The second kappa shape index (κ2) is 4.30. The molecule has 0 radical (unpaired) electrons. The highest BCUT2D eigenvalue weighted by Crippen LogP contribution is 2.32. The highest BCUT2D eigenvalue weighted by molar-refractivity contribution is 7.90. The van der Waals surface area contributed by atoms with E-state index in [2.05, 4.69) is 5.10 Å². The van der Waals surface area contributed by atoms with Crippen LogP contribution in [0.3, 0.4) is 0 Å². The van der Waals surface area contributed by atoms with Crippen molar-refractivity contribution in [2.45, 2.75) is 30.1 Å². The van der Waals surface area contributed by atoms with Gasteiger partial charge in [-0.05, 0) is 6.92 Å². The minimum atomic E-state index is -4.59. The zero-order valence-electron chi connectivity index (χ0n) is 9.14. The molecule has 0 amide bonds. The van der Waals surface area contributed by atoms with E-state index < -0.39 is 28.1 Å². The number of alkyl halides is 3. The molecule has 0 aliphatic heterocycles. The van der Waals surface area contributed by atoms with Crippen molar-refractivity contribution in [3.8, 4) is 0 Å². The van der Waals surface area contributed by atoms with Crippen LogP contribution in [0.1, 0.15) is 13.0 Å². The molecule has 1 rings (SSSR count). The number of halogens is 3. The van der Waals surface area contributed by atoms with Gasteiger partial charge in [0.05, 0.1) is 6.20 Å². The molecule has 0 spiro atoms. The van der Waals surface area contributed by atoms with Crippen molar-refractivity contribution in [3.05, 3.63) is 12.4 Å². The van der Waals surface area contributed by atoms with E-state index in [1.807, 2.05) is 0 Å². The first kappa shape index (κ1) is 14.0. The third-order valence-electron chi connectivity index (χ3n) is 2.12. The summed E-state index contributed by atoms with van der Waals surface area (Å²) >= 11 is 0. The van der Waals surface area contributed by atoms with E-state index in [0.717, 1.165) is 18.6 Å². The Bertz CT molecular complexity index is 492. The summed E-state index contributed by atoms with van der Waals surface area (Å²) in [5.41, 5.74) is 5.24. The molecule has 0 fully saturated rings. The van der Waals surface area contributed by atoms with Crippen LogP contribution in [0, 0.1) is 0 Å². The molecule has 2 unspecified atom stereocenters. The topological polar surface area (TPSA) is 78.0 Å². The lowest BCUT2D eigenvalue weighted by atomic mass is 10.1.